The smallest absolute Gasteiger partial charge is 0.271 e. The van der Waals surface area contributed by atoms with Gasteiger partial charge in [-0.3, -0.25) is 4.79 Å². The van der Waals surface area contributed by atoms with E-state index in [1.165, 1.54) is 0 Å². The van der Waals surface area contributed by atoms with Crippen LogP contribution in [0.3, 0.4) is 0 Å². The lowest BCUT2D eigenvalue weighted by Gasteiger charge is -2.01. The molecule has 0 saturated heterocycles. The Labute approximate surface area is 98.5 Å². The number of rotatable bonds is 3. The van der Waals surface area contributed by atoms with Crippen LogP contribution < -0.4 is 11.1 Å². The molecule has 0 unspecified atom stereocenters. The van der Waals surface area contributed by atoms with Crippen LogP contribution in [0.15, 0.2) is 30.6 Å². The highest BCUT2D eigenvalue weighted by molar-refractivity contribution is 5.91. The Kier molecular flexibility index (Phi) is 3.15. The van der Waals surface area contributed by atoms with Gasteiger partial charge in [0.15, 0.2) is 11.5 Å². The van der Waals surface area contributed by atoms with Gasteiger partial charge in [-0.15, -0.1) is 0 Å². The molecule has 0 aromatic carbocycles. The molecule has 6 nitrogen and oxygen atoms in total. The van der Waals surface area contributed by atoms with E-state index in [1.54, 1.807) is 30.2 Å². The average Bonchev–Trinajstić information content (AvgIpc) is 2.87. The van der Waals surface area contributed by atoms with Gasteiger partial charge in [-0.2, -0.15) is 5.10 Å². The number of amides is 1. The van der Waals surface area contributed by atoms with Crippen LogP contribution in [0, 0.1) is 0 Å². The van der Waals surface area contributed by atoms with Crippen molar-refractivity contribution >= 4 is 5.91 Å². The average molecular weight is 231 g/mol. The van der Waals surface area contributed by atoms with Crippen molar-refractivity contribution in [3.05, 3.63) is 41.9 Å². The first-order valence-electron chi connectivity index (χ1n) is 5.17. The quantitative estimate of drug-likeness (QED) is 0.783. The zero-order chi connectivity index (χ0) is 12.3. The SMILES string of the molecule is CNC(=O)c1ccn(-c2ccc(CN)cn2)n1. The third kappa shape index (κ3) is 2.31. The zero-order valence-corrected chi connectivity index (χ0v) is 9.42. The Bertz CT molecular complexity index is 517. The molecule has 3 N–H and O–H groups in total. The summed E-state index contributed by atoms with van der Waals surface area (Å²) in [7, 11) is 1.57. The van der Waals surface area contributed by atoms with Crippen LogP contribution >= 0.6 is 0 Å². The Morgan fingerprint density at radius 3 is 2.88 bits per heavy atom. The third-order valence-electron chi connectivity index (χ3n) is 2.33. The van der Waals surface area contributed by atoms with Crippen molar-refractivity contribution in [2.75, 3.05) is 7.05 Å². The van der Waals surface area contributed by atoms with Crippen molar-refractivity contribution in [2.24, 2.45) is 5.73 Å². The van der Waals surface area contributed by atoms with Crippen molar-refractivity contribution in [2.45, 2.75) is 6.54 Å². The fourth-order valence-corrected chi connectivity index (χ4v) is 1.37. The Morgan fingerprint density at radius 1 is 1.47 bits per heavy atom. The number of nitrogens with one attached hydrogen (secondary N) is 1. The van der Waals surface area contributed by atoms with Crippen molar-refractivity contribution < 1.29 is 4.79 Å². The monoisotopic (exact) mass is 231 g/mol. The number of carbonyl (C=O) groups is 1. The molecule has 6 heteroatoms. The van der Waals surface area contributed by atoms with Gasteiger partial charge in [0.05, 0.1) is 0 Å². The molecule has 0 radical (unpaired) electrons. The predicted molar refractivity (Wildman–Crippen MR) is 62.6 cm³/mol. The molecule has 1 amide bonds. The number of nitrogens with two attached hydrogens (primary N) is 1. The van der Waals surface area contributed by atoms with Gasteiger partial charge in [-0.1, -0.05) is 6.07 Å². The summed E-state index contributed by atoms with van der Waals surface area (Å²) in [5.41, 5.74) is 6.79. The molecular weight excluding hydrogens is 218 g/mol. The number of nitrogens with zero attached hydrogens (tertiary/aromatic N) is 3. The van der Waals surface area contributed by atoms with Gasteiger partial charge in [0.1, 0.15) is 0 Å². The predicted octanol–water partition coefficient (Wildman–Crippen LogP) is 0.0856. The fourth-order valence-electron chi connectivity index (χ4n) is 1.37. The molecule has 0 aliphatic heterocycles. The van der Waals surface area contributed by atoms with E-state index < -0.39 is 0 Å². The van der Waals surface area contributed by atoms with Crippen LogP contribution in [-0.2, 0) is 6.54 Å². The van der Waals surface area contributed by atoms with Gasteiger partial charge < -0.3 is 11.1 Å². The molecule has 0 aliphatic rings. The maximum absolute atomic E-state index is 11.3. The van der Waals surface area contributed by atoms with Crippen LogP contribution in [0.25, 0.3) is 5.82 Å². The number of carbonyl (C=O) groups excluding carboxylic acids is 1. The largest absolute Gasteiger partial charge is 0.354 e. The Morgan fingerprint density at radius 2 is 2.29 bits per heavy atom. The lowest BCUT2D eigenvalue weighted by molar-refractivity contribution is 0.0957. The summed E-state index contributed by atoms with van der Waals surface area (Å²) in [6.07, 6.45) is 3.38. The number of pyridine rings is 1. The minimum absolute atomic E-state index is 0.220. The second-order valence-corrected chi connectivity index (χ2v) is 3.45. The van der Waals surface area contributed by atoms with Crippen molar-refractivity contribution in [1.82, 2.24) is 20.1 Å². The number of hydrogen-bond donors (Lipinski definition) is 2. The van der Waals surface area contributed by atoms with Gasteiger partial charge in [0, 0.05) is 26.0 Å². The van der Waals surface area contributed by atoms with E-state index in [4.69, 9.17) is 5.73 Å². The van der Waals surface area contributed by atoms with Gasteiger partial charge in [0.2, 0.25) is 0 Å². The van der Waals surface area contributed by atoms with E-state index in [9.17, 15) is 4.79 Å². The van der Waals surface area contributed by atoms with E-state index in [2.05, 4.69) is 15.4 Å². The molecule has 0 spiro atoms. The first-order chi connectivity index (χ1) is 8.24. The van der Waals surface area contributed by atoms with Crippen LogP contribution in [0.5, 0.6) is 0 Å². The summed E-state index contributed by atoms with van der Waals surface area (Å²) >= 11 is 0. The van der Waals surface area contributed by atoms with E-state index in [-0.39, 0.29) is 5.91 Å². The first-order valence-corrected chi connectivity index (χ1v) is 5.17. The summed E-state index contributed by atoms with van der Waals surface area (Å²) in [4.78, 5) is 15.5. The molecule has 2 aromatic rings. The van der Waals surface area contributed by atoms with Crippen LogP contribution in [0.1, 0.15) is 16.1 Å². The maximum Gasteiger partial charge on any atom is 0.271 e. The molecule has 17 heavy (non-hydrogen) atoms. The van der Waals surface area contributed by atoms with Crippen molar-refractivity contribution in [3.63, 3.8) is 0 Å². The number of hydrogen-bond acceptors (Lipinski definition) is 4. The highest BCUT2D eigenvalue weighted by Crippen LogP contribution is 2.06. The zero-order valence-electron chi connectivity index (χ0n) is 9.42. The summed E-state index contributed by atoms with van der Waals surface area (Å²) in [6, 6.07) is 5.32. The van der Waals surface area contributed by atoms with Gasteiger partial charge >= 0.3 is 0 Å². The first kappa shape index (κ1) is 11.3. The van der Waals surface area contributed by atoms with Crippen LogP contribution in [0.4, 0.5) is 0 Å². The summed E-state index contributed by atoms with van der Waals surface area (Å²) in [5, 5.41) is 6.63. The molecule has 88 valence electrons. The molecule has 0 fully saturated rings. The van der Waals surface area contributed by atoms with Crippen molar-refractivity contribution in [3.8, 4) is 5.82 Å². The molecule has 0 aliphatic carbocycles. The molecule has 0 atom stereocenters. The van der Waals surface area contributed by atoms with E-state index in [0.29, 0.717) is 18.1 Å². The summed E-state index contributed by atoms with van der Waals surface area (Å²) < 4.78 is 1.55. The van der Waals surface area contributed by atoms with E-state index in [1.807, 2.05) is 12.1 Å². The van der Waals surface area contributed by atoms with Gasteiger partial charge in [0.25, 0.3) is 5.91 Å². The lowest BCUT2D eigenvalue weighted by atomic mass is 10.3. The molecule has 2 aromatic heterocycles. The highest BCUT2D eigenvalue weighted by Gasteiger charge is 2.08. The second-order valence-electron chi connectivity index (χ2n) is 3.45. The van der Waals surface area contributed by atoms with Gasteiger partial charge in [-0.25, -0.2) is 9.67 Å². The highest BCUT2D eigenvalue weighted by atomic mass is 16.1. The molecule has 2 heterocycles. The van der Waals surface area contributed by atoms with E-state index in [0.717, 1.165) is 5.56 Å². The fraction of sp³-hybridized carbons (Fsp3) is 0.182. The summed E-state index contributed by atoms with van der Waals surface area (Å²) in [5.74, 6) is 0.430. The standard InChI is InChI=1S/C11H13N5O/c1-13-11(17)9-4-5-16(15-9)10-3-2-8(6-12)7-14-10/h2-5,7H,6,12H2,1H3,(H,13,17). The third-order valence-corrected chi connectivity index (χ3v) is 2.33. The van der Waals surface area contributed by atoms with Crippen LogP contribution in [-0.4, -0.2) is 27.7 Å². The Hall–Kier alpha value is -2.21. The normalized spacial score (nSPS) is 10.2. The summed E-state index contributed by atoms with van der Waals surface area (Å²) in [6.45, 7) is 0.454. The minimum Gasteiger partial charge on any atom is -0.354 e. The van der Waals surface area contributed by atoms with E-state index >= 15 is 0 Å². The lowest BCUT2D eigenvalue weighted by Crippen LogP contribution is -2.18. The van der Waals surface area contributed by atoms with Crippen LogP contribution in [0.2, 0.25) is 0 Å². The minimum atomic E-state index is -0.220. The molecular formula is C11H13N5O. The number of aromatic nitrogens is 3. The second kappa shape index (κ2) is 4.75. The molecule has 2 rings (SSSR count). The Balaban J connectivity index is 2.27. The molecule has 0 saturated carbocycles. The topological polar surface area (TPSA) is 85.8 Å². The molecule has 0 bridgehead atoms. The van der Waals surface area contributed by atoms with Gasteiger partial charge in [-0.05, 0) is 17.7 Å². The maximum atomic E-state index is 11.3. The van der Waals surface area contributed by atoms with Crippen molar-refractivity contribution in [1.29, 1.82) is 0 Å².